The number of ether oxygens (including phenoxy) is 1. The van der Waals surface area contributed by atoms with Gasteiger partial charge in [-0.25, -0.2) is 9.78 Å². The number of nitrogens with one attached hydrogen (secondary N) is 1. The van der Waals surface area contributed by atoms with Crippen LogP contribution in [0.25, 0.3) is 10.2 Å². The minimum atomic E-state index is -0.715. The van der Waals surface area contributed by atoms with Crippen LogP contribution in [0.15, 0.2) is 48.5 Å². The number of para-hydroxylation sites is 1. The number of hydrogen-bond acceptors (Lipinski definition) is 5. The van der Waals surface area contributed by atoms with Crippen LogP contribution < -0.4 is 5.32 Å². The van der Waals surface area contributed by atoms with Crippen molar-refractivity contribution >= 4 is 33.4 Å². The van der Waals surface area contributed by atoms with Gasteiger partial charge in [-0.3, -0.25) is 4.79 Å². The number of fused-ring (bicyclic) bond motifs is 1. The molecule has 0 spiro atoms. The number of esters is 1. The molecule has 0 fully saturated rings. The Balaban J connectivity index is 1.64. The maximum Gasteiger partial charge on any atom is 0.329 e. The number of hydrogen-bond donors (Lipinski definition) is 1. The van der Waals surface area contributed by atoms with E-state index in [4.69, 9.17) is 4.74 Å². The topological polar surface area (TPSA) is 68.3 Å². The number of nitrogens with zero attached hydrogens (tertiary/aromatic N) is 1. The van der Waals surface area contributed by atoms with Gasteiger partial charge in [0.1, 0.15) is 17.7 Å². The normalized spacial score (nSPS) is 12.1. The van der Waals surface area contributed by atoms with Gasteiger partial charge in [0.05, 0.1) is 10.2 Å². The van der Waals surface area contributed by atoms with Gasteiger partial charge in [0.25, 0.3) is 5.91 Å². The van der Waals surface area contributed by atoms with Gasteiger partial charge in [-0.2, -0.15) is 0 Å². The van der Waals surface area contributed by atoms with Gasteiger partial charge in [0.15, 0.2) is 0 Å². The standard InChI is InChI=1S/C21H22N2O3S/c1-13(2)19(23-20(24)15-10-8-14(3)9-11-15)21(25)26-12-18-22-16-6-4-5-7-17(16)27-18/h4-11,13,19H,12H2,1-3H3,(H,23,24)/t19-/m0/s1. The Kier molecular flexibility index (Phi) is 5.86. The van der Waals surface area contributed by atoms with Crippen LogP contribution in [0.4, 0.5) is 0 Å². The Hall–Kier alpha value is -2.73. The lowest BCUT2D eigenvalue weighted by Crippen LogP contribution is -2.45. The zero-order valence-electron chi connectivity index (χ0n) is 15.6. The summed E-state index contributed by atoms with van der Waals surface area (Å²) in [4.78, 5) is 29.4. The Morgan fingerprint density at radius 1 is 1.11 bits per heavy atom. The number of carbonyl (C=O) groups excluding carboxylic acids is 2. The summed E-state index contributed by atoms with van der Waals surface area (Å²) in [6.07, 6.45) is 0. The Labute approximate surface area is 162 Å². The molecule has 140 valence electrons. The second kappa shape index (κ2) is 8.31. The number of amides is 1. The van der Waals surface area contributed by atoms with Crippen molar-refractivity contribution in [1.82, 2.24) is 10.3 Å². The molecule has 27 heavy (non-hydrogen) atoms. The lowest BCUT2D eigenvalue weighted by atomic mass is 10.0. The average Bonchev–Trinajstić information content (AvgIpc) is 3.07. The van der Waals surface area contributed by atoms with E-state index in [0.29, 0.717) is 5.56 Å². The number of benzene rings is 2. The third-order valence-electron chi connectivity index (χ3n) is 4.20. The van der Waals surface area contributed by atoms with E-state index in [-0.39, 0.29) is 18.4 Å². The fourth-order valence-electron chi connectivity index (χ4n) is 2.63. The molecule has 0 aliphatic rings. The predicted molar refractivity (Wildman–Crippen MR) is 107 cm³/mol. The van der Waals surface area contributed by atoms with E-state index in [1.807, 2.05) is 57.2 Å². The molecule has 0 radical (unpaired) electrons. The molecular formula is C21H22N2O3S. The van der Waals surface area contributed by atoms with Crippen molar-refractivity contribution in [3.63, 3.8) is 0 Å². The van der Waals surface area contributed by atoms with E-state index in [1.54, 1.807) is 12.1 Å². The van der Waals surface area contributed by atoms with Crippen LogP contribution in [-0.4, -0.2) is 22.9 Å². The summed E-state index contributed by atoms with van der Waals surface area (Å²) in [5.41, 5.74) is 2.48. The molecule has 1 atom stereocenters. The third kappa shape index (κ3) is 4.71. The van der Waals surface area contributed by atoms with Crippen molar-refractivity contribution in [2.24, 2.45) is 5.92 Å². The highest BCUT2D eigenvalue weighted by molar-refractivity contribution is 7.18. The van der Waals surface area contributed by atoms with Gasteiger partial charge in [-0.1, -0.05) is 43.7 Å². The monoisotopic (exact) mass is 382 g/mol. The van der Waals surface area contributed by atoms with E-state index in [0.717, 1.165) is 20.8 Å². The minimum absolute atomic E-state index is 0.0951. The molecule has 3 aromatic rings. The Morgan fingerprint density at radius 2 is 1.81 bits per heavy atom. The van der Waals surface area contributed by atoms with Crippen LogP contribution in [0, 0.1) is 12.8 Å². The molecule has 0 bridgehead atoms. The second-order valence-electron chi connectivity index (χ2n) is 6.74. The zero-order valence-corrected chi connectivity index (χ0v) is 16.4. The summed E-state index contributed by atoms with van der Waals surface area (Å²) < 4.78 is 6.48. The fraction of sp³-hybridized carbons (Fsp3) is 0.286. The van der Waals surface area contributed by atoms with Crippen LogP contribution in [-0.2, 0) is 16.1 Å². The Morgan fingerprint density at radius 3 is 2.48 bits per heavy atom. The van der Waals surface area contributed by atoms with Crippen molar-refractivity contribution < 1.29 is 14.3 Å². The summed E-state index contributed by atoms with van der Waals surface area (Å²) in [6, 6.07) is 14.3. The number of rotatable bonds is 6. The number of thiazole rings is 1. The maximum absolute atomic E-state index is 12.5. The molecule has 0 unspecified atom stereocenters. The maximum atomic E-state index is 12.5. The highest BCUT2D eigenvalue weighted by atomic mass is 32.1. The van der Waals surface area contributed by atoms with Gasteiger partial charge in [-0.15, -0.1) is 11.3 Å². The molecule has 1 amide bonds. The molecule has 6 heteroatoms. The first-order valence-electron chi connectivity index (χ1n) is 8.82. The molecule has 1 N–H and O–H groups in total. The second-order valence-corrected chi connectivity index (χ2v) is 7.86. The van der Waals surface area contributed by atoms with Crippen LogP contribution >= 0.6 is 11.3 Å². The molecule has 2 aromatic carbocycles. The van der Waals surface area contributed by atoms with Gasteiger partial charge in [0.2, 0.25) is 0 Å². The summed E-state index contributed by atoms with van der Waals surface area (Å²) >= 11 is 1.50. The van der Waals surface area contributed by atoms with E-state index < -0.39 is 12.0 Å². The van der Waals surface area contributed by atoms with Crippen molar-refractivity contribution in [2.75, 3.05) is 0 Å². The fourth-order valence-corrected chi connectivity index (χ4v) is 3.51. The van der Waals surface area contributed by atoms with Gasteiger partial charge < -0.3 is 10.1 Å². The number of aryl methyl sites for hydroxylation is 1. The van der Waals surface area contributed by atoms with E-state index in [1.165, 1.54) is 11.3 Å². The van der Waals surface area contributed by atoms with Crippen molar-refractivity contribution in [2.45, 2.75) is 33.4 Å². The van der Waals surface area contributed by atoms with Crippen molar-refractivity contribution in [3.05, 3.63) is 64.7 Å². The van der Waals surface area contributed by atoms with E-state index in [2.05, 4.69) is 10.3 Å². The summed E-state index contributed by atoms with van der Waals surface area (Å²) in [5, 5.41) is 3.52. The number of carbonyl (C=O) groups is 2. The van der Waals surface area contributed by atoms with E-state index in [9.17, 15) is 9.59 Å². The zero-order chi connectivity index (χ0) is 19.4. The van der Waals surface area contributed by atoms with E-state index >= 15 is 0 Å². The first-order chi connectivity index (χ1) is 12.9. The van der Waals surface area contributed by atoms with Crippen molar-refractivity contribution in [3.8, 4) is 0 Å². The quantitative estimate of drug-likeness (QED) is 0.652. The largest absolute Gasteiger partial charge is 0.457 e. The summed E-state index contributed by atoms with van der Waals surface area (Å²) in [7, 11) is 0. The molecule has 0 aliphatic heterocycles. The van der Waals surface area contributed by atoms with Gasteiger partial charge in [-0.05, 0) is 37.1 Å². The number of aromatic nitrogens is 1. The highest BCUT2D eigenvalue weighted by Crippen LogP contribution is 2.22. The summed E-state index contributed by atoms with van der Waals surface area (Å²) in [5.74, 6) is -0.836. The predicted octanol–water partition coefficient (Wildman–Crippen LogP) is 4.10. The minimum Gasteiger partial charge on any atom is -0.457 e. The molecule has 0 saturated carbocycles. The van der Waals surface area contributed by atoms with Gasteiger partial charge in [0, 0.05) is 5.56 Å². The smallest absolute Gasteiger partial charge is 0.329 e. The SMILES string of the molecule is Cc1ccc(C(=O)N[C@H](C(=O)OCc2nc3ccccc3s2)C(C)C)cc1. The molecule has 1 heterocycles. The molecular weight excluding hydrogens is 360 g/mol. The van der Waals surface area contributed by atoms with Crippen LogP contribution in [0.1, 0.15) is 34.8 Å². The van der Waals surface area contributed by atoms with Crippen LogP contribution in [0.5, 0.6) is 0 Å². The molecule has 1 aromatic heterocycles. The third-order valence-corrected chi connectivity index (χ3v) is 5.21. The lowest BCUT2D eigenvalue weighted by molar-refractivity contribution is -0.148. The van der Waals surface area contributed by atoms with Crippen molar-refractivity contribution in [1.29, 1.82) is 0 Å². The average molecular weight is 382 g/mol. The highest BCUT2D eigenvalue weighted by Gasteiger charge is 2.26. The molecule has 0 saturated heterocycles. The Bertz CT molecular complexity index is 914. The lowest BCUT2D eigenvalue weighted by Gasteiger charge is -2.20. The van der Waals surface area contributed by atoms with Crippen LogP contribution in [0.3, 0.4) is 0 Å². The first-order valence-corrected chi connectivity index (χ1v) is 9.64. The summed E-state index contributed by atoms with van der Waals surface area (Å²) in [6.45, 7) is 5.80. The van der Waals surface area contributed by atoms with Gasteiger partial charge >= 0.3 is 5.97 Å². The molecule has 3 rings (SSSR count). The van der Waals surface area contributed by atoms with Crippen LogP contribution in [0.2, 0.25) is 0 Å². The molecule has 5 nitrogen and oxygen atoms in total. The molecule has 0 aliphatic carbocycles. The first kappa shape index (κ1) is 19.0.